The summed E-state index contributed by atoms with van der Waals surface area (Å²) in [6.45, 7) is 16.1. The monoisotopic (exact) mass is 797 g/mol. The van der Waals surface area contributed by atoms with E-state index in [1.807, 2.05) is 55.4 Å². The van der Waals surface area contributed by atoms with Gasteiger partial charge in [-0.25, -0.2) is 0 Å². The minimum absolute atomic E-state index is 0.0115. The smallest absolute Gasteiger partial charge is 0.320 e. The third-order valence-electron chi connectivity index (χ3n) is 9.24. The highest BCUT2D eigenvalue weighted by atomic mass is 16.5. The molecule has 1 fully saturated rings. The molecule has 3 N–H and O–H groups in total. The summed E-state index contributed by atoms with van der Waals surface area (Å²) in [6.07, 6.45) is 7.48. The Labute approximate surface area is 337 Å². The Bertz CT molecular complexity index is 1120. The molecule has 324 valence electrons. The normalized spacial score (nSPS) is 14.7. The Hall–Kier alpha value is -3.10. The Morgan fingerprint density at radius 1 is 0.589 bits per heavy atom. The molecule has 0 saturated heterocycles. The number of nitrogens with zero attached hydrogens (tertiary/aromatic N) is 2. The van der Waals surface area contributed by atoms with Crippen LogP contribution in [0.5, 0.6) is 0 Å². The number of hydrogen-bond acceptors (Lipinski definition) is 13. The number of ether oxygens (including phenoxy) is 4. The Kier molecular flexibility index (Phi) is 26.5. The molecule has 0 bridgehead atoms. The van der Waals surface area contributed by atoms with Gasteiger partial charge in [-0.1, -0.05) is 81.1 Å². The van der Waals surface area contributed by atoms with E-state index in [0.717, 1.165) is 32.1 Å². The zero-order valence-corrected chi connectivity index (χ0v) is 35.9. The van der Waals surface area contributed by atoms with Crippen LogP contribution < -0.4 is 11.1 Å². The molecule has 1 amide bonds. The Morgan fingerprint density at radius 2 is 1.02 bits per heavy atom. The van der Waals surface area contributed by atoms with E-state index in [9.17, 15) is 28.8 Å². The molecule has 56 heavy (non-hydrogen) atoms. The molecule has 0 aromatic heterocycles. The second-order valence-electron chi connectivity index (χ2n) is 17.0. The first-order chi connectivity index (χ1) is 26.5. The average molecular weight is 797 g/mol. The maximum absolute atomic E-state index is 14.4. The van der Waals surface area contributed by atoms with E-state index in [4.69, 9.17) is 24.7 Å². The summed E-state index contributed by atoms with van der Waals surface area (Å²) in [5, 5.41) is 3.04. The fourth-order valence-corrected chi connectivity index (χ4v) is 6.28. The molecular weight excluding hydrogens is 720 g/mol. The highest BCUT2D eigenvalue weighted by Crippen LogP contribution is 2.26. The molecule has 14 heteroatoms. The van der Waals surface area contributed by atoms with Crippen LogP contribution in [-0.2, 0) is 47.7 Å². The zero-order chi connectivity index (χ0) is 42.0. The maximum atomic E-state index is 14.4. The van der Waals surface area contributed by atoms with Gasteiger partial charge < -0.3 is 30.0 Å². The standard InChI is InChI=1S/C42H76N4O10/c1-30(2)26-53-37(47)22-45(23-38(48)54-27-31(3)4)21-15-13-19-36(46(24-39(49)55-28-32(5)6)25-40(50)56-29-33(7)8)42(52)44-35(18-12-14-20-43)41(51)34-16-10-9-11-17-34/h30-36H,9-29,43H2,1-8H3,(H,44,52)/t35-,36-/m0/s1. The van der Waals surface area contributed by atoms with Crippen LogP contribution >= 0.6 is 0 Å². The van der Waals surface area contributed by atoms with Crippen LogP contribution in [0.2, 0.25) is 0 Å². The van der Waals surface area contributed by atoms with Gasteiger partial charge in [0, 0.05) is 5.92 Å². The van der Waals surface area contributed by atoms with Crippen molar-refractivity contribution in [1.82, 2.24) is 15.1 Å². The fraction of sp³-hybridized carbons (Fsp3) is 0.857. The van der Waals surface area contributed by atoms with Crippen molar-refractivity contribution in [2.75, 3.05) is 65.7 Å². The second-order valence-corrected chi connectivity index (χ2v) is 17.0. The van der Waals surface area contributed by atoms with Gasteiger partial charge in [0.25, 0.3) is 0 Å². The highest BCUT2D eigenvalue weighted by molar-refractivity contribution is 5.92. The summed E-state index contributed by atoms with van der Waals surface area (Å²) < 4.78 is 21.7. The van der Waals surface area contributed by atoms with Gasteiger partial charge >= 0.3 is 23.9 Å². The number of hydrogen-bond donors (Lipinski definition) is 2. The summed E-state index contributed by atoms with van der Waals surface area (Å²) in [6, 6.07) is -1.73. The predicted octanol–water partition coefficient (Wildman–Crippen LogP) is 4.69. The highest BCUT2D eigenvalue weighted by Gasteiger charge is 2.35. The van der Waals surface area contributed by atoms with Crippen molar-refractivity contribution in [1.29, 1.82) is 0 Å². The number of rotatable bonds is 30. The van der Waals surface area contributed by atoms with E-state index < -0.39 is 41.9 Å². The van der Waals surface area contributed by atoms with Gasteiger partial charge in [-0.3, -0.25) is 38.6 Å². The number of esters is 4. The summed E-state index contributed by atoms with van der Waals surface area (Å²) in [5.74, 6) is -2.21. The molecule has 0 unspecified atom stereocenters. The van der Waals surface area contributed by atoms with Crippen molar-refractivity contribution < 1.29 is 47.7 Å². The van der Waals surface area contributed by atoms with E-state index in [1.165, 1.54) is 4.90 Å². The number of ketones is 1. The van der Waals surface area contributed by atoms with Crippen molar-refractivity contribution in [3.8, 4) is 0 Å². The van der Waals surface area contributed by atoms with Gasteiger partial charge in [-0.05, 0) is 81.7 Å². The molecule has 0 radical (unpaired) electrons. The number of Topliss-reactive ketones (excluding diaryl/α,β-unsaturated/α-hetero) is 1. The van der Waals surface area contributed by atoms with E-state index in [-0.39, 0.29) is 94.4 Å². The van der Waals surface area contributed by atoms with Crippen molar-refractivity contribution in [2.45, 2.75) is 138 Å². The minimum atomic E-state index is -0.996. The minimum Gasteiger partial charge on any atom is -0.464 e. The lowest BCUT2D eigenvalue weighted by atomic mass is 9.82. The van der Waals surface area contributed by atoms with Crippen LogP contribution in [0.25, 0.3) is 0 Å². The first kappa shape index (κ1) is 50.9. The maximum Gasteiger partial charge on any atom is 0.320 e. The molecule has 0 aromatic rings. The number of carbonyl (C=O) groups is 6. The molecule has 1 saturated carbocycles. The molecule has 1 aliphatic rings. The fourth-order valence-electron chi connectivity index (χ4n) is 6.28. The molecule has 0 aromatic carbocycles. The van der Waals surface area contributed by atoms with Gasteiger partial charge in [-0.15, -0.1) is 0 Å². The number of carbonyl (C=O) groups excluding carboxylic acids is 6. The first-order valence-electron chi connectivity index (χ1n) is 21.1. The van der Waals surface area contributed by atoms with Gasteiger partial charge in [-0.2, -0.15) is 0 Å². The molecule has 2 atom stereocenters. The Morgan fingerprint density at radius 3 is 1.45 bits per heavy atom. The van der Waals surface area contributed by atoms with Crippen molar-refractivity contribution in [2.24, 2.45) is 35.3 Å². The lowest BCUT2D eigenvalue weighted by molar-refractivity contribution is -0.153. The molecule has 0 heterocycles. The number of unbranched alkanes of at least 4 members (excludes halogenated alkanes) is 2. The van der Waals surface area contributed by atoms with Gasteiger partial charge in [0.15, 0.2) is 5.78 Å². The topological polar surface area (TPSA) is 184 Å². The zero-order valence-electron chi connectivity index (χ0n) is 35.9. The van der Waals surface area contributed by atoms with Crippen molar-refractivity contribution in [3.05, 3.63) is 0 Å². The predicted molar refractivity (Wildman–Crippen MR) is 215 cm³/mol. The molecule has 0 spiro atoms. The quantitative estimate of drug-likeness (QED) is 0.0581. The van der Waals surface area contributed by atoms with Crippen LogP contribution in [0.3, 0.4) is 0 Å². The van der Waals surface area contributed by atoms with Gasteiger partial charge in [0.05, 0.1) is 64.7 Å². The summed E-state index contributed by atoms with van der Waals surface area (Å²) in [5.41, 5.74) is 5.78. The summed E-state index contributed by atoms with van der Waals surface area (Å²) in [4.78, 5) is 83.1. The van der Waals surface area contributed by atoms with E-state index in [1.54, 1.807) is 4.90 Å². The van der Waals surface area contributed by atoms with Crippen LogP contribution in [0.1, 0.15) is 126 Å². The lowest BCUT2D eigenvalue weighted by Crippen LogP contribution is -2.55. The van der Waals surface area contributed by atoms with E-state index in [0.29, 0.717) is 45.2 Å². The number of amides is 1. The first-order valence-corrected chi connectivity index (χ1v) is 21.1. The number of nitrogens with two attached hydrogens (primary N) is 1. The number of nitrogens with one attached hydrogen (secondary N) is 1. The molecule has 0 aliphatic heterocycles. The Balaban J connectivity index is 3.38. The van der Waals surface area contributed by atoms with Crippen molar-refractivity contribution in [3.63, 3.8) is 0 Å². The van der Waals surface area contributed by atoms with Gasteiger partial charge in [0.1, 0.15) is 0 Å². The average Bonchev–Trinajstić information content (AvgIpc) is 3.13. The summed E-state index contributed by atoms with van der Waals surface area (Å²) in [7, 11) is 0. The van der Waals surface area contributed by atoms with Crippen molar-refractivity contribution >= 4 is 35.6 Å². The van der Waals surface area contributed by atoms with E-state index in [2.05, 4.69) is 5.32 Å². The van der Waals surface area contributed by atoms with E-state index >= 15 is 0 Å². The molecule has 1 aliphatic carbocycles. The molecule has 1 rings (SSSR count). The van der Waals surface area contributed by atoms with Gasteiger partial charge in [0.2, 0.25) is 5.91 Å². The second kappa shape index (κ2) is 29.2. The summed E-state index contributed by atoms with van der Waals surface area (Å²) >= 11 is 0. The molecule has 14 nitrogen and oxygen atoms in total. The third-order valence-corrected chi connectivity index (χ3v) is 9.24. The molecular formula is C42H76N4O10. The third kappa shape index (κ3) is 23.8. The van der Waals surface area contributed by atoms with Crippen LogP contribution in [0.4, 0.5) is 0 Å². The van der Waals surface area contributed by atoms with Crippen LogP contribution in [-0.4, -0.2) is 123 Å². The SMILES string of the molecule is CC(C)COC(=O)CN(CCCC[C@@H](C(=O)N[C@@H](CCCCN)C(=O)C1CCCCC1)N(CC(=O)OCC(C)C)CC(=O)OCC(C)C)CC(=O)OCC(C)C. The lowest BCUT2D eigenvalue weighted by Gasteiger charge is -2.32. The van der Waals surface area contributed by atoms with Crippen LogP contribution in [0.15, 0.2) is 0 Å². The largest absolute Gasteiger partial charge is 0.464 e. The van der Waals surface area contributed by atoms with Crippen LogP contribution in [0, 0.1) is 29.6 Å².